The van der Waals surface area contributed by atoms with Crippen LogP contribution < -0.4 is 0 Å². The highest BCUT2D eigenvalue weighted by atomic mass is 16.3. The fourth-order valence-corrected chi connectivity index (χ4v) is 1.25. The predicted molar refractivity (Wildman–Crippen MR) is 83.9 cm³/mol. The quantitative estimate of drug-likeness (QED) is 0.796. The zero-order chi connectivity index (χ0) is 15.6. The molecule has 0 aliphatic heterocycles. The highest BCUT2D eigenvalue weighted by molar-refractivity contribution is 5.75. The maximum atomic E-state index is 10.8. The van der Waals surface area contributed by atoms with Gasteiger partial charge in [0.15, 0.2) is 0 Å². The molecule has 0 aromatic heterocycles. The van der Waals surface area contributed by atoms with E-state index >= 15 is 0 Å². The topological polar surface area (TPSA) is 37.3 Å². The number of carbonyl (C=O) groups is 1. The van der Waals surface area contributed by atoms with Gasteiger partial charge in [0.2, 0.25) is 0 Å². The second kappa shape index (κ2) is 9.18. The van der Waals surface area contributed by atoms with Gasteiger partial charge in [0.1, 0.15) is 11.4 Å². The zero-order valence-electron chi connectivity index (χ0n) is 13.1. The molecule has 0 bridgehead atoms. The summed E-state index contributed by atoms with van der Waals surface area (Å²) in [7, 11) is 0. The Bertz CT molecular complexity index is 506. The molecule has 0 saturated carbocycles. The van der Waals surface area contributed by atoms with Crippen LogP contribution in [0.2, 0.25) is 0 Å². The fourth-order valence-electron chi connectivity index (χ4n) is 1.25. The minimum Gasteiger partial charge on any atom is -0.378 e. The largest absolute Gasteiger partial charge is 0.378 e. The first-order chi connectivity index (χ1) is 9.20. The van der Waals surface area contributed by atoms with Crippen LogP contribution in [0.15, 0.2) is 23.3 Å². The van der Waals surface area contributed by atoms with Crippen LogP contribution in [0.5, 0.6) is 0 Å². The molecule has 0 aliphatic carbocycles. The van der Waals surface area contributed by atoms with Gasteiger partial charge in [-0.05, 0) is 52.7 Å². The second-order valence-electron chi connectivity index (χ2n) is 5.43. The van der Waals surface area contributed by atoms with Crippen LogP contribution in [0, 0.1) is 23.7 Å². The standard InChI is InChI=1S/C18H24O2/c1-15(11-7-13-17(3)19)9-6-10-16(2)12-8-14-18(4,5)20/h11-12,20H,7,10,13H2,1-5H3. The van der Waals surface area contributed by atoms with E-state index in [2.05, 4.69) is 23.7 Å². The van der Waals surface area contributed by atoms with E-state index < -0.39 is 5.60 Å². The van der Waals surface area contributed by atoms with Crippen molar-refractivity contribution in [2.75, 3.05) is 0 Å². The molecule has 0 unspecified atom stereocenters. The van der Waals surface area contributed by atoms with Crippen LogP contribution in [-0.2, 0) is 4.79 Å². The van der Waals surface area contributed by atoms with E-state index in [-0.39, 0.29) is 5.78 Å². The van der Waals surface area contributed by atoms with Crippen molar-refractivity contribution < 1.29 is 9.90 Å². The predicted octanol–water partition coefficient (Wildman–Crippen LogP) is 3.42. The molecule has 2 heteroatoms. The molecule has 0 amide bonds. The highest BCUT2D eigenvalue weighted by Crippen LogP contribution is 2.01. The van der Waals surface area contributed by atoms with E-state index in [0.717, 1.165) is 17.6 Å². The van der Waals surface area contributed by atoms with Crippen molar-refractivity contribution in [3.63, 3.8) is 0 Å². The first kappa shape index (κ1) is 18.2. The summed E-state index contributed by atoms with van der Waals surface area (Å²) in [5.74, 6) is 11.9. The van der Waals surface area contributed by atoms with E-state index in [1.807, 2.05) is 19.9 Å². The van der Waals surface area contributed by atoms with Crippen LogP contribution in [0.25, 0.3) is 0 Å². The monoisotopic (exact) mass is 272 g/mol. The molecule has 0 aliphatic rings. The lowest BCUT2D eigenvalue weighted by Crippen LogP contribution is -2.14. The summed E-state index contributed by atoms with van der Waals surface area (Å²) in [4.78, 5) is 10.8. The van der Waals surface area contributed by atoms with E-state index in [4.69, 9.17) is 0 Å². The van der Waals surface area contributed by atoms with Crippen molar-refractivity contribution in [2.24, 2.45) is 0 Å². The third-order valence-corrected chi connectivity index (χ3v) is 2.30. The zero-order valence-corrected chi connectivity index (χ0v) is 13.1. The first-order valence-electron chi connectivity index (χ1n) is 6.76. The summed E-state index contributed by atoms with van der Waals surface area (Å²) in [6, 6.07) is 0. The Labute approximate surface area is 123 Å². The molecule has 0 atom stereocenters. The molecular formula is C18H24O2. The lowest BCUT2D eigenvalue weighted by molar-refractivity contribution is -0.116. The summed E-state index contributed by atoms with van der Waals surface area (Å²) in [5, 5.41) is 9.44. The van der Waals surface area contributed by atoms with Gasteiger partial charge < -0.3 is 9.90 Å². The number of carbonyl (C=O) groups excluding carboxylic acids is 1. The van der Waals surface area contributed by atoms with Crippen LogP contribution in [0.3, 0.4) is 0 Å². The minimum atomic E-state index is -0.960. The van der Waals surface area contributed by atoms with Crippen LogP contribution >= 0.6 is 0 Å². The van der Waals surface area contributed by atoms with E-state index in [0.29, 0.717) is 12.8 Å². The van der Waals surface area contributed by atoms with Crippen molar-refractivity contribution in [3.8, 4) is 23.7 Å². The minimum absolute atomic E-state index is 0.200. The van der Waals surface area contributed by atoms with Crippen LogP contribution in [0.4, 0.5) is 0 Å². The molecular weight excluding hydrogens is 248 g/mol. The Balaban J connectivity index is 4.34. The maximum absolute atomic E-state index is 10.8. The summed E-state index contributed by atoms with van der Waals surface area (Å²) < 4.78 is 0. The lowest BCUT2D eigenvalue weighted by atomic mass is 10.1. The van der Waals surface area contributed by atoms with Crippen molar-refractivity contribution in [2.45, 2.75) is 59.5 Å². The summed E-state index contributed by atoms with van der Waals surface area (Å²) in [6.45, 7) is 8.80. The Morgan fingerprint density at radius 3 is 2.45 bits per heavy atom. The van der Waals surface area contributed by atoms with Gasteiger partial charge in [-0.25, -0.2) is 0 Å². The second-order valence-corrected chi connectivity index (χ2v) is 5.43. The molecule has 0 fully saturated rings. The number of ketones is 1. The van der Waals surface area contributed by atoms with Crippen molar-refractivity contribution in [1.29, 1.82) is 0 Å². The molecule has 0 aromatic rings. The molecule has 0 rings (SSSR count). The van der Waals surface area contributed by atoms with Gasteiger partial charge >= 0.3 is 0 Å². The number of hydrogen-bond donors (Lipinski definition) is 1. The molecule has 0 radical (unpaired) electrons. The normalized spacial score (nSPS) is 12.1. The van der Waals surface area contributed by atoms with Crippen molar-refractivity contribution >= 4 is 5.78 Å². The highest BCUT2D eigenvalue weighted by Gasteiger charge is 2.04. The molecule has 2 nitrogen and oxygen atoms in total. The van der Waals surface area contributed by atoms with Crippen LogP contribution in [-0.4, -0.2) is 16.5 Å². The third kappa shape index (κ3) is 12.7. The Morgan fingerprint density at radius 1 is 1.25 bits per heavy atom. The molecule has 0 aromatic carbocycles. The molecule has 0 heterocycles. The Kier molecular flexibility index (Phi) is 8.37. The van der Waals surface area contributed by atoms with E-state index in [1.165, 1.54) is 0 Å². The summed E-state index contributed by atoms with van der Waals surface area (Å²) in [6.07, 6.45) is 5.74. The van der Waals surface area contributed by atoms with E-state index in [1.54, 1.807) is 26.8 Å². The van der Waals surface area contributed by atoms with Crippen molar-refractivity contribution in [3.05, 3.63) is 23.3 Å². The van der Waals surface area contributed by atoms with Crippen LogP contribution in [0.1, 0.15) is 53.9 Å². The van der Waals surface area contributed by atoms with Gasteiger partial charge in [-0.2, -0.15) is 0 Å². The van der Waals surface area contributed by atoms with Gasteiger partial charge in [0.25, 0.3) is 0 Å². The molecule has 108 valence electrons. The van der Waals surface area contributed by atoms with Gasteiger partial charge in [0, 0.05) is 12.8 Å². The number of aliphatic hydroxyl groups is 1. The van der Waals surface area contributed by atoms with Gasteiger partial charge in [-0.1, -0.05) is 35.3 Å². The Hall–Kier alpha value is -1.77. The number of allylic oxidation sites excluding steroid dienone is 4. The molecule has 0 spiro atoms. The summed E-state index contributed by atoms with van der Waals surface area (Å²) in [5.41, 5.74) is 1.09. The fraction of sp³-hybridized carbons (Fsp3) is 0.500. The van der Waals surface area contributed by atoms with Gasteiger partial charge in [-0.3, -0.25) is 0 Å². The molecule has 1 N–H and O–H groups in total. The Morgan fingerprint density at radius 2 is 1.90 bits per heavy atom. The van der Waals surface area contributed by atoms with E-state index in [9.17, 15) is 9.90 Å². The molecule has 20 heavy (non-hydrogen) atoms. The maximum Gasteiger partial charge on any atom is 0.130 e. The lowest BCUT2D eigenvalue weighted by Gasteiger charge is -2.05. The average Bonchev–Trinajstić information content (AvgIpc) is 2.26. The first-order valence-corrected chi connectivity index (χ1v) is 6.76. The van der Waals surface area contributed by atoms with Crippen molar-refractivity contribution in [1.82, 2.24) is 0 Å². The number of rotatable bonds is 4. The van der Waals surface area contributed by atoms with Gasteiger partial charge in [0.05, 0.1) is 0 Å². The SMILES string of the molecule is CC(=O)CCC=C(C)C#CCC(C)=CC#CC(C)(C)O. The van der Waals surface area contributed by atoms with Gasteiger partial charge in [-0.15, -0.1) is 0 Å². The molecule has 0 saturated heterocycles. The number of hydrogen-bond acceptors (Lipinski definition) is 2. The summed E-state index contributed by atoms with van der Waals surface area (Å²) >= 11 is 0. The smallest absolute Gasteiger partial charge is 0.130 e. The average molecular weight is 272 g/mol. The third-order valence-electron chi connectivity index (χ3n) is 2.30. The number of Topliss-reactive ketones (excluding diaryl/α,β-unsaturated/α-hetero) is 1.